The van der Waals surface area contributed by atoms with E-state index in [-0.39, 0.29) is 5.91 Å². The van der Waals surface area contributed by atoms with Gasteiger partial charge in [0.25, 0.3) is 0 Å². The Kier molecular flexibility index (Phi) is 4.10. The maximum Gasteiger partial charge on any atom is 0.227 e. The predicted molar refractivity (Wildman–Crippen MR) is 78.3 cm³/mol. The fourth-order valence-corrected chi connectivity index (χ4v) is 3.09. The molecular weight excluding hydrogens is 322 g/mol. The lowest BCUT2D eigenvalue weighted by Gasteiger charge is -2.38. The zero-order chi connectivity index (χ0) is 14.0. The van der Waals surface area contributed by atoms with Crippen LogP contribution >= 0.6 is 15.9 Å². The van der Waals surface area contributed by atoms with Crippen LogP contribution in [0.1, 0.15) is 18.4 Å². The summed E-state index contributed by atoms with van der Waals surface area (Å²) in [6.45, 7) is 2.62. The second-order valence-electron chi connectivity index (χ2n) is 5.33. The minimum absolute atomic E-state index is 0.144. The Hall–Kier alpha value is -0.910. The number of halogens is 1. The molecule has 1 aromatic rings. The van der Waals surface area contributed by atoms with Crippen LogP contribution in [-0.2, 0) is 20.7 Å². The van der Waals surface area contributed by atoms with Gasteiger partial charge < -0.3 is 14.4 Å². The SMILES string of the molecule is O=C(Cc1ccc(Br)cc1)N1CCCC2(C1)OCCO2. The molecule has 3 rings (SSSR count). The molecule has 0 aromatic heterocycles. The molecule has 0 N–H and O–H groups in total. The summed E-state index contributed by atoms with van der Waals surface area (Å²) in [7, 11) is 0. The van der Waals surface area contributed by atoms with E-state index in [2.05, 4.69) is 15.9 Å². The quantitative estimate of drug-likeness (QED) is 0.830. The first kappa shape index (κ1) is 14.0. The monoisotopic (exact) mass is 339 g/mol. The molecule has 4 nitrogen and oxygen atoms in total. The van der Waals surface area contributed by atoms with Gasteiger partial charge in [0.2, 0.25) is 5.91 Å². The first-order valence-electron chi connectivity index (χ1n) is 6.97. The summed E-state index contributed by atoms with van der Waals surface area (Å²) in [6.07, 6.45) is 2.25. The Bertz CT molecular complexity index is 482. The van der Waals surface area contributed by atoms with Gasteiger partial charge in [-0.1, -0.05) is 28.1 Å². The Balaban J connectivity index is 1.63. The molecule has 2 heterocycles. The highest BCUT2D eigenvalue weighted by atomic mass is 79.9. The molecule has 0 bridgehead atoms. The van der Waals surface area contributed by atoms with E-state index in [0.29, 0.717) is 26.2 Å². The highest BCUT2D eigenvalue weighted by Gasteiger charge is 2.41. The highest BCUT2D eigenvalue weighted by molar-refractivity contribution is 9.10. The average Bonchev–Trinajstić information content (AvgIpc) is 2.89. The first-order valence-corrected chi connectivity index (χ1v) is 7.76. The Morgan fingerprint density at radius 1 is 1.25 bits per heavy atom. The van der Waals surface area contributed by atoms with Crippen molar-refractivity contribution < 1.29 is 14.3 Å². The molecule has 0 radical (unpaired) electrons. The molecular formula is C15H18BrNO3. The zero-order valence-corrected chi connectivity index (χ0v) is 12.9. The van der Waals surface area contributed by atoms with Crippen LogP contribution in [0.5, 0.6) is 0 Å². The van der Waals surface area contributed by atoms with Gasteiger partial charge in [-0.05, 0) is 24.1 Å². The molecule has 2 fully saturated rings. The van der Waals surface area contributed by atoms with Gasteiger partial charge in [-0.2, -0.15) is 0 Å². The van der Waals surface area contributed by atoms with Crippen LogP contribution in [0.3, 0.4) is 0 Å². The summed E-state index contributed by atoms with van der Waals surface area (Å²) in [5.74, 6) is -0.390. The van der Waals surface area contributed by atoms with Crippen molar-refractivity contribution in [1.29, 1.82) is 0 Å². The molecule has 1 aromatic carbocycles. The van der Waals surface area contributed by atoms with Crippen LogP contribution in [-0.4, -0.2) is 42.9 Å². The van der Waals surface area contributed by atoms with Crippen LogP contribution in [0, 0.1) is 0 Å². The van der Waals surface area contributed by atoms with Crippen LogP contribution in [0.4, 0.5) is 0 Å². The summed E-state index contributed by atoms with van der Waals surface area (Å²) in [5.41, 5.74) is 1.03. The summed E-state index contributed by atoms with van der Waals surface area (Å²) in [6, 6.07) is 7.88. The Morgan fingerprint density at radius 2 is 1.95 bits per heavy atom. The van der Waals surface area contributed by atoms with Crippen molar-refractivity contribution >= 4 is 21.8 Å². The van der Waals surface area contributed by atoms with Gasteiger partial charge in [0.15, 0.2) is 5.79 Å². The van der Waals surface area contributed by atoms with E-state index in [1.807, 2.05) is 29.2 Å². The van der Waals surface area contributed by atoms with Crippen molar-refractivity contribution in [2.45, 2.75) is 25.0 Å². The molecule has 2 saturated heterocycles. The number of ether oxygens (including phenoxy) is 2. The van der Waals surface area contributed by atoms with E-state index in [1.54, 1.807) is 0 Å². The second-order valence-corrected chi connectivity index (χ2v) is 6.25. The molecule has 5 heteroatoms. The van der Waals surface area contributed by atoms with Gasteiger partial charge in [0.05, 0.1) is 26.2 Å². The maximum absolute atomic E-state index is 12.4. The fourth-order valence-electron chi connectivity index (χ4n) is 2.82. The lowest BCUT2D eigenvalue weighted by Crippen LogP contribution is -2.51. The van der Waals surface area contributed by atoms with Gasteiger partial charge >= 0.3 is 0 Å². The van der Waals surface area contributed by atoms with Crippen LogP contribution in [0.15, 0.2) is 28.7 Å². The predicted octanol–water partition coefficient (Wildman–Crippen LogP) is 2.36. The molecule has 2 aliphatic heterocycles. The van der Waals surface area contributed by atoms with E-state index < -0.39 is 5.79 Å². The smallest absolute Gasteiger partial charge is 0.227 e. The molecule has 20 heavy (non-hydrogen) atoms. The molecule has 1 spiro atoms. The third-order valence-corrected chi connectivity index (χ3v) is 4.38. The van der Waals surface area contributed by atoms with Crippen molar-refractivity contribution in [2.24, 2.45) is 0 Å². The lowest BCUT2D eigenvalue weighted by molar-refractivity contribution is -0.192. The molecule has 108 valence electrons. The summed E-state index contributed by atoms with van der Waals surface area (Å²) >= 11 is 3.40. The van der Waals surface area contributed by atoms with Crippen LogP contribution in [0.25, 0.3) is 0 Å². The molecule has 0 atom stereocenters. The second kappa shape index (κ2) is 5.84. The number of carbonyl (C=O) groups excluding carboxylic acids is 1. The van der Waals surface area contributed by atoms with Crippen molar-refractivity contribution in [3.05, 3.63) is 34.3 Å². The molecule has 1 amide bonds. The Labute approximate surface area is 127 Å². The van der Waals surface area contributed by atoms with Gasteiger partial charge in [-0.3, -0.25) is 4.79 Å². The minimum atomic E-state index is -0.534. The van der Waals surface area contributed by atoms with Crippen molar-refractivity contribution in [2.75, 3.05) is 26.3 Å². The number of carbonyl (C=O) groups is 1. The van der Waals surface area contributed by atoms with E-state index in [1.165, 1.54) is 0 Å². The molecule has 0 unspecified atom stereocenters. The number of piperidine rings is 1. The number of hydrogen-bond acceptors (Lipinski definition) is 3. The van der Waals surface area contributed by atoms with Gasteiger partial charge in [0, 0.05) is 17.4 Å². The molecule has 0 saturated carbocycles. The van der Waals surface area contributed by atoms with Crippen molar-refractivity contribution in [3.8, 4) is 0 Å². The Morgan fingerprint density at radius 3 is 2.65 bits per heavy atom. The minimum Gasteiger partial charge on any atom is -0.346 e. The summed E-state index contributed by atoms with van der Waals surface area (Å²) in [4.78, 5) is 14.3. The average molecular weight is 340 g/mol. The zero-order valence-electron chi connectivity index (χ0n) is 11.3. The van der Waals surface area contributed by atoms with Gasteiger partial charge in [0.1, 0.15) is 0 Å². The first-order chi connectivity index (χ1) is 9.67. The normalized spacial score (nSPS) is 21.4. The van der Waals surface area contributed by atoms with E-state index in [9.17, 15) is 4.79 Å². The number of likely N-dealkylation sites (tertiary alicyclic amines) is 1. The lowest BCUT2D eigenvalue weighted by atomic mass is 10.0. The molecule has 2 aliphatic rings. The topological polar surface area (TPSA) is 38.8 Å². The number of benzene rings is 1. The number of amides is 1. The third kappa shape index (κ3) is 3.05. The maximum atomic E-state index is 12.4. The largest absolute Gasteiger partial charge is 0.346 e. The highest BCUT2D eigenvalue weighted by Crippen LogP contribution is 2.30. The van der Waals surface area contributed by atoms with Crippen LogP contribution < -0.4 is 0 Å². The number of nitrogens with zero attached hydrogens (tertiary/aromatic N) is 1. The summed E-state index contributed by atoms with van der Waals surface area (Å²) < 4.78 is 12.4. The van der Waals surface area contributed by atoms with Crippen molar-refractivity contribution in [1.82, 2.24) is 4.90 Å². The third-order valence-electron chi connectivity index (χ3n) is 3.85. The van der Waals surface area contributed by atoms with E-state index in [4.69, 9.17) is 9.47 Å². The summed E-state index contributed by atoms with van der Waals surface area (Å²) in [5, 5.41) is 0. The fraction of sp³-hybridized carbons (Fsp3) is 0.533. The van der Waals surface area contributed by atoms with Crippen LogP contribution in [0.2, 0.25) is 0 Å². The number of rotatable bonds is 2. The standard InChI is InChI=1S/C15H18BrNO3/c16-13-4-2-12(3-5-13)10-14(18)17-7-1-6-15(11-17)19-8-9-20-15/h2-5H,1,6-11H2. The molecule has 0 aliphatic carbocycles. The number of hydrogen-bond donors (Lipinski definition) is 0. The van der Waals surface area contributed by atoms with Gasteiger partial charge in [-0.25, -0.2) is 0 Å². The van der Waals surface area contributed by atoms with Gasteiger partial charge in [-0.15, -0.1) is 0 Å². The van der Waals surface area contributed by atoms with E-state index >= 15 is 0 Å². The van der Waals surface area contributed by atoms with E-state index in [0.717, 1.165) is 29.4 Å². The van der Waals surface area contributed by atoms with Crippen molar-refractivity contribution in [3.63, 3.8) is 0 Å².